The molecule has 0 fully saturated rings. The first kappa shape index (κ1) is 17.2. The van der Waals surface area contributed by atoms with Crippen molar-refractivity contribution in [3.05, 3.63) is 35.9 Å². The number of nitrogens with one attached hydrogen (secondary N) is 1. The van der Waals surface area contributed by atoms with E-state index in [1.807, 2.05) is 49.2 Å². The van der Waals surface area contributed by atoms with Gasteiger partial charge in [0.1, 0.15) is 0 Å². The van der Waals surface area contributed by atoms with Gasteiger partial charge >= 0.3 is 0 Å². The topological polar surface area (TPSA) is 52.7 Å². The Bertz CT molecular complexity index is 448. The first-order valence-electron chi connectivity index (χ1n) is 7.26. The Morgan fingerprint density at radius 1 is 1.10 bits per heavy atom. The zero-order valence-corrected chi connectivity index (χ0v) is 13.1. The van der Waals surface area contributed by atoms with E-state index in [1.165, 1.54) is 4.90 Å². The van der Waals surface area contributed by atoms with E-state index in [-0.39, 0.29) is 18.4 Å². The van der Waals surface area contributed by atoms with Crippen molar-refractivity contribution in [2.24, 2.45) is 0 Å². The highest BCUT2D eigenvalue weighted by atomic mass is 16.2. The van der Waals surface area contributed by atoms with Gasteiger partial charge in [0.05, 0.1) is 13.1 Å². The Labute approximate surface area is 126 Å². The van der Waals surface area contributed by atoms with Crippen molar-refractivity contribution in [3.8, 4) is 0 Å². The summed E-state index contributed by atoms with van der Waals surface area (Å²) >= 11 is 0. The van der Waals surface area contributed by atoms with Gasteiger partial charge in [0, 0.05) is 20.1 Å². The van der Waals surface area contributed by atoms with Gasteiger partial charge in [-0.25, -0.2) is 0 Å². The zero-order chi connectivity index (χ0) is 15.7. The number of amides is 2. The predicted octanol–water partition coefficient (Wildman–Crippen LogP) is 1.10. The lowest BCUT2D eigenvalue weighted by atomic mass is 10.2. The van der Waals surface area contributed by atoms with Crippen molar-refractivity contribution >= 4 is 11.8 Å². The van der Waals surface area contributed by atoms with Gasteiger partial charge in [-0.05, 0) is 19.0 Å². The first-order chi connectivity index (χ1) is 10.0. The molecular weight excluding hydrogens is 266 g/mol. The molecule has 0 bridgehead atoms. The van der Waals surface area contributed by atoms with Gasteiger partial charge in [-0.1, -0.05) is 37.3 Å². The zero-order valence-electron chi connectivity index (χ0n) is 13.1. The molecule has 21 heavy (non-hydrogen) atoms. The number of benzene rings is 1. The molecule has 0 saturated heterocycles. The van der Waals surface area contributed by atoms with E-state index in [0.29, 0.717) is 19.6 Å². The monoisotopic (exact) mass is 291 g/mol. The van der Waals surface area contributed by atoms with Gasteiger partial charge in [0.2, 0.25) is 11.8 Å². The molecule has 1 rings (SSSR count). The minimum absolute atomic E-state index is 0.0555. The lowest BCUT2D eigenvalue weighted by Gasteiger charge is -2.21. The molecule has 0 radical (unpaired) electrons. The molecule has 1 aromatic rings. The molecule has 0 spiro atoms. The summed E-state index contributed by atoms with van der Waals surface area (Å²) in [4.78, 5) is 27.0. The molecule has 0 aliphatic carbocycles. The highest BCUT2D eigenvalue weighted by Crippen LogP contribution is 2.02. The number of hydrogen-bond acceptors (Lipinski definition) is 3. The van der Waals surface area contributed by atoms with Crippen molar-refractivity contribution in [1.82, 2.24) is 15.1 Å². The average Bonchev–Trinajstić information content (AvgIpc) is 2.45. The normalized spacial score (nSPS) is 10.5. The molecule has 2 amide bonds. The maximum absolute atomic E-state index is 12.1. The van der Waals surface area contributed by atoms with Crippen LogP contribution in [-0.2, 0) is 16.1 Å². The molecule has 5 nitrogen and oxygen atoms in total. The van der Waals surface area contributed by atoms with Crippen LogP contribution >= 0.6 is 0 Å². The average molecular weight is 291 g/mol. The molecule has 1 N–H and O–H groups in total. The summed E-state index contributed by atoms with van der Waals surface area (Å²) in [6.45, 7) is 3.76. The lowest BCUT2D eigenvalue weighted by Crippen LogP contribution is -2.42. The third-order valence-electron chi connectivity index (χ3n) is 3.08. The fourth-order valence-corrected chi connectivity index (χ4v) is 1.93. The summed E-state index contributed by atoms with van der Waals surface area (Å²) < 4.78 is 0. The Hall–Kier alpha value is -1.88. The molecular formula is C16H25N3O2. The van der Waals surface area contributed by atoms with Gasteiger partial charge in [-0.2, -0.15) is 0 Å². The molecule has 1 aromatic carbocycles. The molecule has 0 aliphatic rings. The van der Waals surface area contributed by atoms with E-state index in [1.54, 1.807) is 7.05 Å². The Balaban J connectivity index is 2.36. The van der Waals surface area contributed by atoms with Crippen molar-refractivity contribution in [2.75, 3.05) is 33.7 Å². The van der Waals surface area contributed by atoms with Gasteiger partial charge in [-0.3, -0.25) is 14.5 Å². The van der Waals surface area contributed by atoms with E-state index in [0.717, 1.165) is 12.0 Å². The molecule has 0 atom stereocenters. The summed E-state index contributed by atoms with van der Waals surface area (Å²) in [5.74, 6) is -0.168. The van der Waals surface area contributed by atoms with Crippen LogP contribution in [0.2, 0.25) is 0 Å². The fourth-order valence-electron chi connectivity index (χ4n) is 1.93. The first-order valence-corrected chi connectivity index (χ1v) is 7.26. The smallest absolute Gasteiger partial charge is 0.239 e. The maximum atomic E-state index is 12.1. The third kappa shape index (κ3) is 6.90. The van der Waals surface area contributed by atoms with E-state index < -0.39 is 0 Å². The standard InChI is InChI=1S/C16H25N3O2/c1-4-10-17-15(20)12-19(3)16(21)13-18(2)11-14-8-6-5-7-9-14/h5-9H,4,10-13H2,1-3H3,(H,17,20). The van der Waals surface area contributed by atoms with Gasteiger partial charge in [-0.15, -0.1) is 0 Å². The lowest BCUT2D eigenvalue weighted by molar-refractivity contribution is -0.135. The quantitative estimate of drug-likeness (QED) is 0.780. The number of hydrogen-bond donors (Lipinski definition) is 1. The summed E-state index contributed by atoms with van der Waals surface area (Å²) in [5.41, 5.74) is 1.16. The molecule has 116 valence electrons. The van der Waals surface area contributed by atoms with Crippen LogP contribution in [-0.4, -0.2) is 55.3 Å². The second kappa shape index (κ2) is 9.13. The highest BCUT2D eigenvalue weighted by molar-refractivity contribution is 5.85. The summed E-state index contributed by atoms with van der Waals surface area (Å²) in [7, 11) is 3.56. The largest absolute Gasteiger partial charge is 0.355 e. The van der Waals surface area contributed by atoms with Crippen LogP contribution < -0.4 is 5.32 Å². The molecule has 0 saturated carbocycles. The molecule has 0 unspecified atom stereocenters. The van der Waals surface area contributed by atoms with E-state index >= 15 is 0 Å². The summed E-state index contributed by atoms with van der Waals surface area (Å²) in [5, 5.41) is 2.76. The molecule has 0 aromatic heterocycles. The van der Waals surface area contributed by atoms with E-state index in [9.17, 15) is 9.59 Å². The van der Waals surface area contributed by atoms with Crippen LogP contribution in [0, 0.1) is 0 Å². The third-order valence-corrected chi connectivity index (χ3v) is 3.08. The van der Waals surface area contributed by atoms with Crippen molar-refractivity contribution in [3.63, 3.8) is 0 Å². The minimum atomic E-state index is -0.113. The molecule has 5 heteroatoms. The van der Waals surface area contributed by atoms with Crippen molar-refractivity contribution < 1.29 is 9.59 Å². The Morgan fingerprint density at radius 2 is 1.76 bits per heavy atom. The Kier molecular flexibility index (Phi) is 7.46. The minimum Gasteiger partial charge on any atom is -0.355 e. The van der Waals surface area contributed by atoms with Crippen LogP contribution in [0.15, 0.2) is 30.3 Å². The number of carbonyl (C=O) groups is 2. The number of likely N-dealkylation sites (N-methyl/N-ethyl adjacent to an activating group) is 2. The van der Waals surface area contributed by atoms with Gasteiger partial charge < -0.3 is 10.2 Å². The highest BCUT2D eigenvalue weighted by Gasteiger charge is 2.14. The molecule has 0 heterocycles. The number of nitrogens with zero attached hydrogens (tertiary/aromatic N) is 2. The summed E-state index contributed by atoms with van der Waals surface area (Å²) in [6.07, 6.45) is 0.892. The second-order valence-electron chi connectivity index (χ2n) is 5.26. The number of carbonyl (C=O) groups excluding carboxylic acids is 2. The molecule has 0 aliphatic heterocycles. The predicted molar refractivity (Wildman–Crippen MR) is 83.7 cm³/mol. The van der Waals surface area contributed by atoms with Crippen LogP contribution in [0.3, 0.4) is 0 Å². The van der Waals surface area contributed by atoms with Crippen molar-refractivity contribution in [1.29, 1.82) is 0 Å². The SMILES string of the molecule is CCCNC(=O)CN(C)C(=O)CN(C)Cc1ccccc1. The van der Waals surface area contributed by atoms with Crippen molar-refractivity contribution in [2.45, 2.75) is 19.9 Å². The van der Waals surface area contributed by atoms with Crippen LogP contribution in [0.1, 0.15) is 18.9 Å². The maximum Gasteiger partial charge on any atom is 0.239 e. The van der Waals surface area contributed by atoms with E-state index in [2.05, 4.69) is 5.32 Å². The Morgan fingerprint density at radius 3 is 2.38 bits per heavy atom. The summed E-state index contributed by atoms with van der Waals surface area (Å²) in [6, 6.07) is 9.99. The van der Waals surface area contributed by atoms with Crippen LogP contribution in [0.5, 0.6) is 0 Å². The second-order valence-corrected chi connectivity index (χ2v) is 5.26. The van der Waals surface area contributed by atoms with Gasteiger partial charge in [0.15, 0.2) is 0 Å². The van der Waals surface area contributed by atoms with E-state index in [4.69, 9.17) is 0 Å². The van der Waals surface area contributed by atoms with Crippen LogP contribution in [0.25, 0.3) is 0 Å². The van der Waals surface area contributed by atoms with Gasteiger partial charge in [0.25, 0.3) is 0 Å². The van der Waals surface area contributed by atoms with Crippen LogP contribution in [0.4, 0.5) is 0 Å². The fraction of sp³-hybridized carbons (Fsp3) is 0.500. The number of rotatable bonds is 8.